The number of hydrogen-bond donors (Lipinski definition) is 1. The molecule has 0 saturated carbocycles. The van der Waals surface area contributed by atoms with E-state index in [9.17, 15) is 4.39 Å². The lowest BCUT2D eigenvalue weighted by Crippen LogP contribution is -2.19. The molecule has 0 aliphatic carbocycles. The molecule has 21 heavy (non-hydrogen) atoms. The first kappa shape index (κ1) is 15.4. The standard InChI is InChI=1S/C17H21FN2O/c1-13(2)10-19-11-15-4-3-5-16(20-15)12-21-17-8-6-14(18)7-9-17/h3-9,13,19H,10-12H2,1-2H3. The van der Waals surface area contributed by atoms with E-state index < -0.39 is 0 Å². The average molecular weight is 288 g/mol. The highest BCUT2D eigenvalue weighted by atomic mass is 19.1. The molecule has 1 aromatic carbocycles. The summed E-state index contributed by atoms with van der Waals surface area (Å²) in [5, 5.41) is 3.36. The molecule has 0 aliphatic rings. The summed E-state index contributed by atoms with van der Waals surface area (Å²) in [7, 11) is 0. The van der Waals surface area contributed by atoms with Crippen molar-refractivity contribution in [2.24, 2.45) is 5.92 Å². The summed E-state index contributed by atoms with van der Waals surface area (Å²) < 4.78 is 18.4. The average Bonchev–Trinajstić information content (AvgIpc) is 2.47. The predicted octanol–water partition coefficient (Wildman–Crippen LogP) is 3.55. The smallest absolute Gasteiger partial charge is 0.130 e. The van der Waals surface area contributed by atoms with Crippen LogP contribution in [0.1, 0.15) is 25.2 Å². The van der Waals surface area contributed by atoms with Gasteiger partial charge in [0.1, 0.15) is 18.2 Å². The first-order valence-corrected chi connectivity index (χ1v) is 7.17. The molecular weight excluding hydrogens is 267 g/mol. The van der Waals surface area contributed by atoms with Gasteiger partial charge in [-0.05, 0) is 48.9 Å². The Balaban J connectivity index is 1.87. The van der Waals surface area contributed by atoms with Gasteiger partial charge >= 0.3 is 0 Å². The van der Waals surface area contributed by atoms with E-state index in [1.54, 1.807) is 12.1 Å². The summed E-state index contributed by atoms with van der Waals surface area (Å²) in [5.41, 5.74) is 1.86. The number of benzene rings is 1. The quantitative estimate of drug-likeness (QED) is 0.846. The van der Waals surface area contributed by atoms with Gasteiger partial charge in [0.05, 0.1) is 11.4 Å². The van der Waals surface area contributed by atoms with Crippen LogP contribution in [-0.4, -0.2) is 11.5 Å². The lowest BCUT2D eigenvalue weighted by Gasteiger charge is -2.09. The molecule has 4 heteroatoms. The summed E-state index contributed by atoms with van der Waals surface area (Å²) in [6.45, 7) is 6.45. The number of nitrogens with zero attached hydrogens (tertiary/aromatic N) is 1. The zero-order valence-corrected chi connectivity index (χ0v) is 12.5. The van der Waals surface area contributed by atoms with Crippen molar-refractivity contribution in [1.82, 2.24) is 10.3 Å². The van der Waals surface area contributed by atoms with Crippen LogP contribution in [0, 0.1) is 11.7 Å². The number of pyridine rings is 1. The monoisotopic (exact) mass is 288 g/mol. The van der Waals surface area contributed by atoms with Crippen LogP contribution in [0.3, 0.4) is 0 Å². The molecule has 112 valence electrons. The largest absolute Gasteiger partial charge is 0.487 e. The third-order valence-corrected chi connectivity index (χ3v) is 2.92. The number of nitrogens with one attached hydrogen (secondary N) is 1. The normalized spacial score (nSPS) is 10.9. The third-order valence-electron chi connectivity index (χ3n) is 2.92. The van der Waals surface area contributed by atoms with E-state index in [1.165, 1.54) is 12.1 Å². The minimum absolute atomic E-state index is 0.265. The fourth-order valence-corrected chi connectivity index (χ4v) is 1.89. The van der Waals surface area contributed by atoms with E-state index in [2.05, 4.69) is 24.1 Å². The van der Waals surface area contributed by atoms with Crippen LogP contribution in [-0.2, 0) is 13.2 Å². The third kappa shape index (κ3) is 5.52. The molecule has 1 N–H and O–H groups in total. The van der Waals surface area contributed by atoms with Crippen LogP contribution in [0.4, 0.5) is 4.39 Å². The Kier molecular flexibility index (Phi) is 5.69. The molecule has 0 radical (unpaired) electrons. The maximum absolute atomic E-state index is 12.8. The zero-order chi connectivity index (χ0) is 15.1. The van der Waals surface area contributed by atoms with Crippen molar-refractivity contribution in [2.75, 3.05) is 6.54 Å². The fourth-order valence-electron chi connectivity index (χ4n) is 1.89. The Hall–Kier alpha value is -1.94. The topological polar surface area (TPSA) is 34.1 Å². The zero-order valence-electron chi connectivity index (χ0n) is 12.5. The second-order valence-electron chi connectivity index (χ2n) is 5.39. The number of aromatic nitrogens is 1. The highest BCUT2D eigenvalue weighted by molar-refractivity contribution is 5.22. The van der Waals surface area contributed by atoms with Crippen molar-refractivity contribution in [3.63, 3.8) is 0 Å². The van der Waals surface area contributed by atoms with Gasteiger partial charge in [-0.2, -0.15) is 0 Å². The predicted molar refractivity (Wildman–Crippen MR) is 81.5 cm³/mol. The summed E-state index contributed by atoms with van der Waals surface area (Å²) in [6.07, 6.45) is 0. The first-order chi connectivity index (χ1) is 10.1. The van der Waals surface area contributed by atoms with Crippen LogP contribution in [0.5, 0.6) is 5.75 Å². The molecule has 1 aromatic heterocycles. The molecule has 0 spiro atoms. The minimum Gasteiger partial charge on any atom is -0.487 e. The van der Waals surface area contributed by atoms with E-state index in [4.69, 9.17) is 4.74 Å². The molecule has 0 aliphatic heterocycles. The van der Waals surface area contributed by atoms with Gasteiger partial charge in [0, 0.05) is 6.54 Å². The Morgan fingerprint density at radius 3 is 2.52 bits per heavy atom. The number of halogens is 1. The summed E-state index contributed by atoms with van der Waals surface area (Å²) in [4.78, 5) is 4.54. The van der Waals surface area contributed by atoms with E-state index in [0.717, 1.165) is 24.5 Å². The van der Waals surface area contributed by atoms with Crippen molar-refractivity contribution in [3.05, 3.63) is 59.7 Å². The van der Waals surface area contributed by atoms with Gasteiger partial charge in [-0.25, -0.2) is 4.39 Å². The SMILES string of the molecule is CC(C)CNCc1cccc(COc2ccc(F)cc2)n1. The number of hydrogen-bond acceptors (Lipinski definition) is 3. The summed E-state index contributed by atoms with van der Waals surface area (Å²) in [6, 6.07) is 11.9. The second-order valence-corrected chi connectivity index (χ2v) is 5.39. The van der Waals surface area contributed by atoms with Crippen molar-refractivity contribution in [1.29, 1.82) is 0 Å². The Morgan fingerprint density at radius 1 is 1.10 bits per heavy atom. The van der Waals surface area contributed by atoms with Crippen LogP contribution >= 0.6 is 0 Å². The van der Waals surface area contributed by atoms with E-state index in [0.29, 0.717) is 18.3 Å². The molecule has 1 heterocycles. The minimum atomic E-state index is -0.265. The maximum atomic E-state index is 12.8. The number of ether oxygens (including phenoxy) is 1. The van der Waals surface area contributed by atoms with Gasteiger partial charge in [-0.3, -0.25) is 4.98 Å². The summed E-state index contributed by atoms with van der Waals surface area (Å²) in [5.74, 6) is 0.996. The van der Waals surface area contributed by atoms with Gasteiger partial charge in [-0.15, -0.1) is 0 Å². The molecule has 2 rings (SSSR count). The summed E-state index contributed by atoms with van der Waals surface area (Å²) >= 11 is 0. The van der Waals surface area contributed by atoms with Crippen LogP contribution in [0.25, 0.3) is 0 Å². The fraction of sp³-hybridized carbons (Fsp3) is 0.353. The molecule has 0 amide bonds. The molecule has 0 saturated heterocycles. The maximum Gasteiger partial charge on any atom is 0.130 e. The van der Waals surface area contributed by atoms with Crippen molar-refractivity contribution in [2.45, 2.75) is 27.0 Å². The molecule has 2 aromatic rings. The van der Waals surface area contributed by atoms with Gasteiger partial charge in [0.25, 0.3) is 0 Å². The Morgan fingerprint density at radius 2 is 1.81 bits per heavy atom. The van der Waals surface area contributed by atoms with Gasteiger partial charge in [-0.1, -0.05) is 19.9 Å². The van der Waals surface area contributed by atoms with E-state index in [-0.39, 0.29) is 5.82 Å². The lowest BCUT2D eigenvalue weighted by atomic mass is 10.2. The molecule has 0 bridgehead atoms. The first-order valence-electron chi connectivity index (χ1n) is 7.17. The molecule has 0 fully saturated rings. The van der Waals surface area contributed by atoms with E-state index in [1.807, 2.05) is 18.2 Å². The highest BCUT2D eigenvalue weighted by Gasteiger charge is 2.01. The van der Waals surface area contributed by atoms with Crippen LogP contribution < -0.4 is 10.1 Å². The lowest BCUT2D eigenvalue weighted by molar-refractivity contribution is 0.300. The Labute approximate surface area is 125 Å². The molecule has 0 unspecified atom stereocenters. The van der Waals surface area contributed by atoms with Crippen LogP contribution in [0.2, 0.25) is 0 Å². The van der Waals surface area contributed by atoms with Crippen LogP contribution in [0.15, 0.2) is 42.5 Å². The molecular formula is C17H21FN2O. The van der Waals surface area contributed by atoms with E-state index >= 15 is 0 Å². The second kappa shape index (κ2) is 7.74. The highest BCUT2D eigenvalue weighted by Crippen LogP contribution is 2.13. The van der Waals surface area contributed by atoms with Crippen molar-refractivity contribution < 1.29 is 9.13 Å². The Bertz CT molecular complexity index is 555. The molecule has 0 atom stereocenters. The number of rotatable bonds is 7. The molecule has 3 nitrogen and oxygen atoms in total. The van der Waals surface area contributed by atoms with Gasteiger partial charge < -0.3 is 10.1 Å². The van der Waals surface area contributed by atoms with Crippen molar-refractivity contribution >= 4 is 0 Å². The van der Waals surface area contributed by atoms with Crippen molar-refractivity contribution in [3.8, 4) is 5.75 Å². The van der Waals surface area contributed by atoms with Gasteiger partial charge in [0.15, 0.2) is 0 Å². The van der Waals surface area contributed by atoms with Gasteiger partial charge in [0.2, 0.25) is 0 Å².